The van der Waals surface area contributed by atoms with E-state index in [0.717, 1.165) is 16.7 Å². The zero-order valence-electron chi connectivity index (χ0n) is 11.8. The molecule has 2 N–H and O–H groups in total. The van der Waals surface area contributed by atoms with Crippen LogP contribution < -0.4 is 10.6 Å². The SMILES string of the molecule is CCC(NC(=O)CNCCOC)c1nc(C(F)(F)F)cs1. The standard InChI is InChI=1S/C12H18F3N3O2S/c1-3-8(17-10(19)6-16-4-5-20-2)11-18-9(7-21-11)12(13,14)15/h7-8,16H,3-6H2,1-2H3,(H,17,19). The Labute approximate surface area is 124 Å². The number of ether oxygens (including phenoxy) is 1. The molecule has 1 aromatic rings. The van der Waals surface area contributed by atoms with Crippen molar-refractivity contribution in [2.75, 3.05) is 26.8 Å². The molecule has 1 amide bonds. The highest BCUT2D eigenvalue weighted by atomic mass is 32.1. The van der Waals surface area contributed by atoms with Gasteiger partial charge < -0.3 is 15.4 Å². The number of hydrogen-bond donors (Lipinski definition) is 2. The molecule has 0 aliphatic carbocycles. The minimum absolute atomic E-state index is 0.0807. The number of rotatable bonds is 8. The fraction of sp³-hybridized carbons (Fsp3) is 0.667. The zero-order valence-corrected chi connectivity index (χ0v) is 12.6. The number of carbonyl (C=O) groups excluding carboxylic acids is 1. The molecule has 0 bridgehead atoms. The summed E-state index contributed by atoms with van der Waals surface area (Å²) < 4.78 is 42.3. The molecule has 1 aromatic heterocycles. The van der Waals surface area contributed by atoms with Crippen LogP contribution in [-0.2, 0) is 15.7 Å². The van der Waals surface area contributed by atoms with Crippen molar-refractivity contribution >= 4 is 17.2 Å². The van der Waals surface area contributed by atoms with Crippen LogP contribution in [-0.4, -0.2) is 37.7 Å². The van der Waals surface area contributed by atoms with E-state index in [0.29, 0.717) is 19.6 Å². The second-order valence-corrected chi connectivity index (χ2v) is 5.16. The van der Waals surface area contributed by atoms with Crippen LogP contribution in [0.1, 0.15) is 30.1 Å². The van der Waals surface area contributed by atoms with E-state index < -0.39 is 17.9 Å². The molecule has 120 valence electrons. The summed E-state index contributed by atoms with van der Waals surface area (Å²) in [6, 6.07) is -0.511. The molecular formula is C12H18F3N3O2S. The van der Waals surface area contributed by atoms with Crippen molar-refractivity contribution in [1.29, 1.82) is 0 Å². The molecule has 0 saturated carbocycles. The van der Waals surface area contributed by atoms with E-state index >= 15 is 0 Å². The molecule has 0 aromatic carbocycles. The van der Waals surface area contributed by atoms with Crippen molar-refractivity contribution in [2.45, 2.75) is 25.6 Å². The van der Waals surface area contributed by atoms with Gasteiger partial charge in [0.1, 0.15) is 5.01 Å². The van der Waals surface area contributed by atoms with Gasteiger partial charge in [0.25, 0.3) is 0 Å². The number of halogens is 3. The maximum atomic E-state index is 12.5. The number of methoxy groups -OCH3 is 1. The average molecular weight is 325 g/mol. The largest absolute Gasteiger partial charge is 0.434 e. The summed E-state index contributed by atoms with van der Waals surface area (Å²) in [5, 5.41) is 6.74. The lowest BCUT2D eigenvalue weighted by atomic mass is 10.2. The van der Waals surface area contributed by atoms with Crippen molar-refractivity contribution in [3.63, 3.8) is 0 Å². The highest BCUT2D eigenvalue weighted by molar-refractivity contribution is 7.09. The second kappa shape index (κ2) is 8.30. The quantitative estimate of drug-likeness (QED) is 0.717. The maximum Gasteiger partial charge on any atom is 0.434 e. The van der Waals surface area contributed by atoms with E-state index in [-0.39, 0.29) is 17.5 Å². The van der Waals surface area contributed by atoms with E-state index in [1.807, 2.05) is 0 Å². The molecule has 0 aliphatic rings. The van der Waals surface area contributed by atoms with Gasteiger partial charge in [-0.05, 0) is 6.42 Å². The number of aromatic nitrogens is 1. The van der Waals surface area contributed by atoms with Crippen molar-refractivity contribution in [1.82, 2.24) is 15.6 Å². The van der Waals surface area contributed by atoms with Gasteiger partial charge in [0.2, 0.25) is 5.91 Å². The third kappa shape index (κ3) is 5.98. The molecule has 9 heteroatoms. The predicted octanol–water partition coefficient (Wildman–Crippen LogP) is 1.97. The number of carbonyl (C=O) groups is 1. The van der Waals surface area contributed by atoms with Crippen LogP contribution in [0.15, 0.2) is 5.38 Å². The number of amides is 1. The topological polar surface area (TPSA) is 63.2 Å². The van der Waals surface area contributed by atoms with Crippen LogP contribution in [0, 0.1) is 0 Å². The molecule has 0 spiro atoms. The van der Waals surface area contributed by atoms with E-state index in [2.05, 4.69) is 15.6 Å². The first-order valence-corrected chi connectivity index (χ1v) is 7.28. The molecule has 1 heterocycles. The molecule has 21 heavy (non-hydrogen) atoms. The monoisotopic (exact) mass is 325 g/mol. The van der Waals surface area contributed by atoms with Gasteiger partial charge in [-0.3, -0.25) is 4.79 Å². The van der Waals surface area contributed by atoms with E-state index in [1.54, 1.807) is 14.0 Å². The van der Waals surface area contributed by atoms with Crippen LogP contribution in [0.5, 0.6) is 0 Å². The summed E-state index contributed by atoms with van der Waals surface area (Å²) in [6.07, 6.45) is -3.99. The summed E-state index contributed by atoms with van der Waals surface area (Å²) in [7, 11) is 1.55. The van der Waals surface area contributed by atoms with Gasteiger partial charge >= 0.3 is 6.18 Å². The smallest absolute Gasteiger partial charge is 0.383 e. The number of thiazole rings is 1. The van der Waals surface area contributed by atoms with Crippen molar-refractivity contribution < 1.29 is 22.7 Å². The first kappa shape index (κ1) is 17.9. The summed E-state index contributed by atoms with van der Waals surface area (Å²) in [6.45, 7) is 2.86. The number of nitrogens with zero attached hydrogens (tertiary/aromatic N) is 1. The van der Waals surface area contributed by atoms with Crippen molar-refractivity contribution in [2.24, 2.45) is 0 Å². The predicted molar refractivity (Wildman–Crippen MR) is 73.0 cm³/mol. The van der Waals surface area contributed by atoms with Gasteiger partial charge in [-0.25, -0.2) is 4.98 Å². The van der Waals surface area contributed by atoms with E-state index in [1.165, 1.54) is 0 Å². The van der Waals surface area contributed by atoms with Crippen molar-refractivity contribution in [3.8, 4) is 0 Å². The maximum absolute atomic E-state index is 12.5. The van der Waals surface area contributed by atoms with E-state index in [4.69, 9.17) is 4.74 Å². The van der Waals surface area contributed by atoms with Gasteiger partial charge in [-0.1, -0.05) is 6.92 Å². The Morgan fingerprint density at radius 1 is 1.52 bits per heavy atom. The normalized spacial score (nSPS) is 13.2. The summed E-state index contributed by atoms with van der Waals surface area (Å²) in [5.74, 6) is -0.290. The van der Waals surface area contributed by atoms with E-state index in [9.17, 15) is 18.0 Å². The Kier molecular flexibility index (Phi) is 7.06. The minimum Gasteiger partial charge on any atom is -0.383 e. The number of alkyl halides is 3. The van der Waals surface area contributed by atoms with Crippen LogP contribution in [0.25, 0.3) is 0 Å². The first-order chi connectivity index (χ1) is 9.88. The first-order valence-electron chi connectivity index (χ1n) is 6.40. The second-order valence-electron chi connectivity index (χ2n) is 4.27. The number of nitrogens with one attached hydrogen (secondary N) is 2. The Hall–Kier alpha value is -1.19. The summed E-state index contributed by atoms with van der Waals surface area (Å²) in [5.41, 5.74) is -0.923. The Morgan fingerprint density at radius 2 is 2.24 bits per heavy atom. The molecule has 0 saturated heterocycles. The van der Waals surface area contributed by atoms with Gasteiger partial charge in [0, 0.05) is 19.0 Å². The Balaban J connectivity index is 2.54. The average Bonchev–Trinajstić information content (AvgIpc) is 2.90. The van der Waals surface area contributed by atoms with Crippen molar-refractivity contribution in [3.05, 3.63) is 16.1 Å². The minimum atomic E-state index is -4.46. The van der Waals surface area contributed by atoms with Crippen LogP contribution in [0.4, 0.5) is 13.2 Å². The zero-order chi connectivity index (χ0) is 15.9. The van der Waals surface area contributed by atoms with Crippen LogP contribution in [0.2, 0.25) is 0 Å². The number of hydrogen-bond acceptors (Lipinski definition) is 5. The molecule has 5 nitrogen and oxygen atoms in total. The van der Waals surface area contributed by atoms with Gasteiger partial charge in [0.05, 0.1) is 19.2 Å². The summed E-state index contributed by atoms with van der Waals surface area (Å²) in [4.78, 5) is 15.2. The molecule has 0 aliphatic heterocycles. The van der Waals surface area contributed by atoms with Crippen LogP contribution >= 0.6 is 11.3 Å². The fourth-order valence-corrected chi connectivity index (χ4v) is 2.50. The lowest BCUT2D eigenvalue weighted by Gasteiger charge is -2.14. The summed E-state index contributed by atoms with van der Waals surface area (Å²) >= 11 is 0.897. The third-order valence-electron chi connectivity index (χ3n) is 2.62. The fourth-order valence-electron chi connectivity index (χ4n) is 1.54. The lowest BCUT2D eigenvalue weighted by Crippen LogP contribution is -2.37. The molecule has 0 radical (unpaired) electrons. The highest BCUT2D eigenvalue weighted by Crippen LogP contribution is 2.32. The molecular weight excluding hydrogens is 307 g/mol. The lowest BCUT2D eigenvalue weighted by molar-refractivity contribution is -0.140. The molecule has 1 rings (SSSR count). The Morgan fingerprint density at radius 3 is 2.76 bits per heavy atom. The Bertz CT molecular complexity index is 451. The molecule has 1 unspecified atom stereocenters. The molecule has 1 atom stereocenters. The third-order valence-corrected chi connectivity index (χ3v) is 3.58. The van der Waals surface area contributed by atoms with Gasteiger partial charge in [-0.2, -0.15) is 13.2 Å². The highest BCUT2D eigenvalue weighted by Gasteiger charge is 2.34. The van der Waals surface area contributed by atoms with Gasteiger partial charge in [0.15, 0.2) is 5.69 Å². The molecule has 0 fully saturated rings. The van der Waals surface area contributed by atoms with Crippen LogP contribution in [0.3, 0.4) is 0 Å². The van der Waals surface area contributed by atoms with Gasteiger partial charge in [-0.15, -0.1) is 11.3 Å².